The van der Waals surface area contributed by atoms with Gasteiger partial charge >= 0.3 is 6.09 Å². The summed E-state index contributed by atoms with van der Waals surface area (Å²) in [6.07, 6.45) is 3.57. The number of nitrogens with one attached hydrogen (secondary N) is 2. The van der Waals surface area contributed by atoms with Crippen molar-refractivity contribution < 1.29 is 19.1 Å². The van der Waals surface area contributed by atoms with E-state index in [9.17, 15) is 14.4 Å². The SMILES string of the molecule is CCC1C(=O)Nc2cccc3cc(-c4nc5cc(C(=O)N6C[C@H]7CC[C@@H]6[C@@H]7NC(=O)OC(C)(C)C)cnn5c4C)n1c23. The molecule has 11 nitrogen and oxygen atoms in total. The zero-order valence-corrected chi connectivity index (χ0v) is 24.5. The second kappa shape index (κ2) is 9.30. The van der Waals surface area contributed by atoms with Crippen LogP contribution in [0.25, 0.3) is 27.9 Å². The van der Waals surface area contributed by atoms with Crippen molar-refractivity contribution >= 4 is 40.1 Å². The Hall–Kier alpha value is -4.41. The van der Waals surface area contributed by atoms with Crippen LogP contribution < -0.4 is 10.6 Å². The van der Waals surface area contributed by atoms with Crippen LogP contribution in [0.15, 0.2) is 36.5 Å². The Morgan fingerprint density at radius 3 is 2.76 bits per heavy atom. The van der Waals surface area contributed by atoms with Crippen LogP contribution in [0.5, 0.6) is 0 Å². The molecule has 2 fully saturated rings. The smallest absolute Gasteiger partial charge is 0.407 e. The van der Waals surface area contributed by atoms with Gasteiger partial charge in [0.15, 0.2) is 5.65 Å². The van der Waals surface area contributed by atoms with Gasteiger partial charge in [-0.3, -0.25) is 9.59 Å². The number of hydrogen-bond donors (Lipinski definition) is 2. The fraction of sp³-hybridized carbons (Fsp3) is 0.452. The molecule has 4 aromatic rings. The van der Waals surface area contributed by atoms with Crippen molar-refractivity contribution in [2.45, 2.75) is 77.6 Å². The molecule has 3 amide bonds. The third-order valence-electron chi connectivity index (χ3n) is 8.84. The number of ether oxygens (including phenoxy) is 1. The molecule has 1 aromatic carbocycles. The van der Waals surface area contributed by atoms with Crippen molar-refractivity contribution in [1.82, 2.24) is 29.4 Å². The molecule has 1 saturated heterocycles. The van der Waals surface area contributed by atoms with E-state index in [0.717, 1.165) is 46.5 Å². The van der Waals surface area contributed by atoms with E-state index in [2.05, 4.69) is 26.4 Å². The highest BCUT2D eigenvalue weighted by molar-refractivity contribution is 6.08. The molecule has 2 N–H and O–H groups in total. The predicted molar refractivity (Wildman–Crippen MR) is 157 cm³/mol. The van der Waals surface area contributed by atoms with E-state index in [-0.39, 0.29) is 35.9 Å². The Labute approximate surface area is 243 Å². The number of rotatable bonds is 4. The summed E-state index contributed by atoms with van der Waals surface area (Å²) in [6.45, 7) is 10.0. The normalized spacial score (nSPS) is 23.1. The van der Waals surface area contributed by atoms with Gasteiger partial charge in [0.1, 0.15) is 17.3 Å². The molecule has 4 atom stereocenters. The minimum Gasteiger partial charge on any atom is -0.444 e. The highest BCUT2D eigenvalue weighted by atomic mass is 16.6. The highest BCUT2D eigenvalue weighted by Crippen LogP contribution is 2.41. The Morgan fingerprint density at radius 2 is 2.00 bits per heavy atom. The summed E-state index contributed by atoms with van der Waals surface area (Å²) in [4.78, 5) is 46.0. The number of aryl methyl sites for hydroxylation is 1. The average molecular weight is 570 g/mol. The van der Waals surface area contributed by atoms with Crippen LogP contribution in [0.4, 0.5) is 10.5 Å². The van der Waals surface area contributed by atoms with Crippen LogP contribution in [-0.4, -0.2) is 66.2 Å². The molecule has 7 rings (SSSR count). The van der Waals surface area contributed by atoms with Crippen molar-refractivity contribution in [3.05, 3.63) is 47.8 Å². The average Bonchev–Trinajstić information content (AvgIpc) is 3.68. The minimum absolute atomic E-state index is 0.0400. The molecule has 2 bridgehead atoms. The van der Waals surface area contributed by atoms with Gasteiger partial charge in [0.25, 0.3) is 5.91 Å². The van der Waals surface area contributed by atoms with E-state index in [1.54, 1.807) is 16.8 Å². The number of hydrogen-bond acceptors (Lipinski definition) is 6. The maximum Gasteiger partial charge on any atom is 0.407 e. The summed E-state index contributed by atoms with van der Waals surface area (Å²) in [5, 5.41) is 11.7. The molecule has 2 aliphatic heterocycles. The Morgan fingerprint density at radius 1 is 1.19 bits per heavy atom. The number of carbonyl (C=O) groups excluding carboxylic acids is 3. The lowest BCUT2D eigenvalue weighted by Gasteiger charge is -2.28. The maximum absolute atomic E-state index is 13.7. The molecule has 0 spiro atoms. The molecule has 3 aromatic heterocycles. The van der Waals surface area contributed by atoms with Crippen LogP contribution in [-0.2, 0) is 9.53 Å². The first-order valence-corrected chi connectivity index (χ1v) is 14.6. The number of imidazole rings is 1. The van der Waals surface area contributed by atoms with Gasteiger partial charge in [-0.25, -0.2) is 14.3 Å². The van der Waals surface area contributed by atoms with Crippen molar-refractivity contribution in [2.75, 3.05) is 11.9 Å². The quantitative estimate of drug-likeness (QED) is 0.368. The summed E-state index contributed by atoms with van der Waals surface area (Å²) in [7, 11) is 0. The van der Waals surface area contributed by atoms with Crippen LogP contribution >= 0.6 is 0 Å². The van der Waals surface area contributed by atoms with Crippen LogP contribution in [0, 0.1) is 12.8 Å². The zero-order valence-electron chi connectivity index (χ0n) is 24.5. The number of amides is 3. The number of aromatic nitrogens is 4. The van der Waals surface area contributed by atoms with E-state index < -0.39 is 11.7 Å². The first-order valence-electron chi connectivity index (χ1n) is 14.6. The molecule has 42 heavy (non-hydrogen) atoms. The summed E-state index contributed by atoms with van der Waals surface area (Å²) < 4.78 is 9.30. The second-order valence-electron chi connectivity index (χ2n) is 12.7. The molecule has 1 aliphatic carbocycles. The number of carbonyl (C=O) groups is 3. The first-order chi connectivity index (χ1) is 20.0. The number of alkyl carbamates (subject to hydrolysis) is 1. The largest absolute Gasteiger partial charge is 0.444 e. The van der Waals surface area contributed by atoms with E-state index in [1.807, 2.05) is 57.7 Å². The van der Waals surface area contributed by atoms with Gasteiger partial charge in [0.2, 0.25) is 5.91 Å². The third kappa shape index (κ3) is 4.05. The molecule has 11 heteroatoms. The molecule has 5 heterocycles. The number of likely N-dealkylation sites (tertiary alicyclic amines) is 1. The standard InChI is InChI=1S/C31H35N7O4/c1-6-21-28(39)33-20-9-7-8-17-12-23(37(21)27(17)20)25-16(2)38-24(34-25)13-19(14-32-38)29(40)36-15-18-10-11-22(36)26(18)35-30(41)42-31(3,4)5/h7-9,12-14,18,21-22,26H,6,10-11,15H2,1-5H3,(H,33,39)(H,35,41)/t18-,21?,22-,26-/m1/s1. The van der Waals surface area contributed by atoms with Crippen molar-refractivity contribution in [3.63, 3.8) is 0 Å². The summed E-state index contributed by atoms with van der Waals surface area (Å²) in [5.74, 6) is 0.0329. The van der Waals surface area contributed by atoms with Crippen LogP contribution in [0.3, 0.4) is 0 Å². The van der Waals surface area contributed by atoms with Gasteiger partial charge in [-0.05, 0) is 71.1 Å². The van der Waals surface area contributed by atoms with Gasteiger partial charge in [0.05, 0.1) is 46.4 Å². The molecule has 1 unspecified atom stereocenters. The topological polar surface area (TPSA) is 123 Å². The first kappa shape index (κ1) is 26.5. The summed E-state index contributed by atoms with van der Waals surface area (Å²) >= 11 is 0. The number of nitrogens with zero attached hydrogens (tertiary/aromatic N) is 5. The monoisotopic (exact) mass is 569 g/mol. The van der Waals surface area contributed by atoms with Crippen molar-refractivity contribution in [3.8, 4) is 11.4 Å². The Bertz CT molecular complexity index is 1780. The molecule has 1 saturated carbocycles. The lowest BCUT2D eigenvalue weighted by Crippen LogP contribution is -2.46. The lowest BCUT2D eigenvalue weighted by molar-refractivity contribution is -0.119. The predicted octanol–water partition coefficient (Wildman–Crippen LogP) is 4.69. The number of fused-ring (bicyclic) bond motifs is 3. The molecule has 0 radical (unpaired) electrons. The number of para-hydroxylation sites is 1. The summed E-state index contributed by atoms with van der Waals surface area (Å²) in [5.41, 5.74) is 4.61. The maximum atomic E-state index is 13.7. The van der Waals surface area contributed by atoms with E-state index in [0.29, 0.717) is 24.2 Å². The summed E-state index contributed by atoms with van der Waals surface area (Å²) in [6, 6.07) is 9.18. The Balaban J connectivity index is 1.20. The van der Waals surface area contributed by atoms with E-state index in [4.69, 9.17) is 9.72 Å². The lowest BCUT2D eigenvalue weighted by atomic mass is 10.1. The van der Waals surface area contributed by atoms with Gasteiger partial charge < -0.3 is 24.8 Å². The zero-order chi connectivity index (χ0) is 29.5. The van der Waals surface area contributed by atoms with Crippen molar-refractivity contribution in [2.24, 2.45) is 5.92 Å². The third-order valence-corrected chi connectivity index (χ3v) is 8.84. The Kier molecular flexibility index (Phi) is 5.87. The van der Waals surface area contributed by atoms with Gasteiger partial charge in [-0.1, -0.05) is 19.1 Å². The number of piperidine rings is 1. The minimum atomic E-state index is -0.586. The molecule has 218 valence electrons. The fourth-order valence-electron chi connectivity index (χ4n) is 7.06. The second-order valence-corrected chi connectivity index (χ2v) is 12.7. The molecular formula is C31H35N7O4. The van der Waals surface area contributed by atoms with Crippen LogP contribution in [0.2, 0.25) is 0 Å². The van der Waals surface area contributed by atoms with Crippen molar-refractivity contribution in [1.29, 1.82) is 0 Å². The molecular weight excluding hydrogens is 534 g/mol. The van der Waals surface area contributed by atoms with Crippen LogP contribution in [0.1, 0.15) is 69.1 Å². The van der Waals surface area contributed by atoms with Gasteiger partial charge in [0, 0.05) is 11.9 Å². The number of anilines is 1. The number of benzene rings is 1. The molecule has 3 aliphatic rings. The highest BCUT2D eigenvalue weighted by Gasteiger charge is 2.50. The van der Waals surface area contributed by atoms with Gasteiger partial charge in [-0.15, -0.1) is 0 Å². The van der Waals surface area contributed by atoms with E-state index >= 15 is 0 Å². The van der Waals surface area contributed by atoms with E-state index in [1.165, 1.54) is 0 Å². The fourth-order valence-corrected chi connectivity index (χ4v) is 7.06. The van der Waals surface area contributed by atoms with Gasteiger partial charge in [-0.2, -0.15) is 5.10 Å².